The van der Waals surface area contributed by atoms with Crippen LogP contribution in [0.1, 0.15) is 23.6 Å². The number of rotatable bonds is 6. The summed E-state index contributed by atoms with van der Waals surface area (Å²) in [5.74, 6) is -0.146. The molecule has 28 heavy (non-hydrogen) atoms. The zero-order chi connectivity index (χ0) is 20.0. The number of hydrogen-bond donors (Lipinski definition) is 2. The SMILES string of the molecule is CC(=N)N(CCc1ccncc1)C(=O)C(N)(c1ccccc1)c1ccccc1. The molecule has 0 aliphatic heterocycles. The third-order valence-corrected chi connectivity index (χ3v) is 4.82. The average Bonchev–Trinajstić information content (AvgIpc) is 2.75. The van der Waals surface area contributed by atoms with Gasteiger partial charge in [-0.3, -0.25) is 20.1 Å². The fourth-order valence-electron chi connectivity index (χ4n) is 3.24. The molecule has 0 unspecified atom stereocenters. The number of hydrogen-bond acceptors (Lipinski definition) is 4. The number of nitrogens with zero attached hydrogens (tertiary/aromatic N) is 2. The van der Waals surface area contributed by atoms with Gasteiger partial charge < -0.3 is 5.73 Å². The second-order valence-corrected chi connectivity index (χ2v) is 6.69. The predicted molar refractivity (Wildman–Crippen MR) is 111 cm³/mol. The van der Waals surface area contributed by atoms with Crippen LogP contribution < -0.4 is 5.73 Å². The first-order chi connectivity index (χ1) is 13.5. The van der Waals surface area contributed by atoms with Gasteiger partial charge in [-0.25, -0.2) is 0 Å². The fourth-order valence-corrected chi connectivity index (χ4v) is 3.24. The molecule has 0 bridgehead atoms. The highest BCUT2D eigenvalue weighted by Crippen LogP contribution is 2.29. The Morgan fingerprint density at radius 1 is 0.964 bits per heavy atom. The molecule has 2 aromatic carbocycles. The van der Waals surface area contributed by atoms with E-state index in [1.165, 1.54) is 4.90 Å². The van der Waals surface area contributed by atoms with E-state index in [1.54, 1.807) is 19.3 Å². The second-order valence-electron chi connectivity index (χ2n) is 6.69. The molecule has 0 fully saturated rings. The van der Waals surface area contributed by atoms with Crippen LogP contribution in [0, 0.1) is 5.41 Å². The van der Waals surface area contributed by atoms with Crippen molar-refractivity contribution in [1.29, 1.82) is 5.41 Å². The van der Waals surface area contributed by atoms with Gasteiger partial charge in [-0.1, -0.05) is 60.7 Å². The molecule has 1 aromatic heterocycles. The fraction of sp³-hybridized carbons (Fsp3) is 0.174. The van der Waals surface area contributed by atoms with Crippen LogP contribution >= 0.6 is 0 Å². The normalized spacial score (nSPS) is 11.1. The van der Waals surface area contributed by atoms with Gasteiger partial charge >= 0.3 is 0 Å². The number of amidine groups is 1. The van der Waals surface area contributed by atoms with E-state index in [-0.39, 0.29) is 11.7 Å². The number of pyridine rings is 1. The lowest BCUT2D eigenvalue weighted by atomic mass is 9.82. The second kappa shape index (κ2) is 8.59. The molecule has 0 aliphatic rings. The topological polar surface area (TPSA) is 83.1 Å². The highest BCUT2D eigenvalue weighted by Gasteiger charge is 2.41. The molecule has 5 nitrogen and oxygen atoms in total. The summed E-state index contributed by atoms with van der Waals surface area (Å²) in [6.07, 6.45) is 4.06. The van der Waals surface area contributed by atoms with Gasteiger partial charge in [0.25, 0.3) is 5.91 Å². The van der Waals surface area contributed by atoms with Crippen molar-refractivity contribution in [3.8, 4) is 0 Å². The predicted octanol–water partition coefficient (Wildman–Crippen LogP) is 3.35. The number of benzene rings is 2. The largest absolute Gasteiger partial charge is 0.310 e. The Labute approximate surface area is 165 Å². The van der Waals surface area contributed by atoms with Gasteiger partial charge in [-0.05, 0) is 42.2 Å². The van der Waals surface area contributed by atoms with Crippen molar-refractivity contribution in [3.63, 3.8) is 0 Å². The van der Waals surface area contributed by atoms with E-state index in [9.17, 15) is 4.79 Å². The molecular weight excluding hydrogens is 348 g/mol. The Morgan fingerprint density at radius 2 is 1.46 bits per heavy atom. The lowest BCUT2D eigenvalue weighted by Crippen LogP contribution is -2.55. The van der Waals surface area contributed by atoms with Crippen molar-refractivity contribution in [2.24, 2.45) is 5.73 Å². The summed E-state index contributed by atoms with van der Waals surface area (Å²) < 4.78 is 0. The first kappa shape index (κ1) is 19.5. The van der Waals surface area contributed by atoms with Gasteiger partial charge in [0.1, 0.15) is 5.54 Å². The summed E-state index contributed by atoms with van der Waals surface area (Å²) in [6.45, 7) is 1.98. The Morgan fingerprint density at radius 3 is 1.93 bits per heavy atom. The minimum absolute atomic E-state index is 0.167. The van der Waals surface area contributed by atoms with Gasteiger partial charge in [-0.15, -0.1) is 0 Å². The Kier molecular flexibility index (Phi) is 5.96. The molecule has 0 saturated carbocycles. The van der Waals surface area contributed by atoms with Crippen LogP contribution in [-0.4, -0.2) is 28.2 Å². The maximum absolute atomic E-state index is 13.7. The van der Waals surface area contributed by atoms with Crippen LogP contribution in [0.4, 0.5) is 0 Å². The Bertz CT molecular complexity index is 887. The molecule has 1 amide bonds. The van der Waals surface area contributed by atoms with Crippen molar-refractivity contribution in [2.45, 2.75) is 18.9 Å². The van der Waals surface area contributed by atoms with Gasteiger partial charge in [0.05, 0.1) is 5.84 Å². The number of aromatic nitrogens is 1. The van der Waals surface area contributed by atoms with E-state index in [0.717, 1.165) is 5.56 Å². The minimum atomic E-state index is -1.37. The Balaban J connectivity index is 1.98. The van der Waals surface area contributed by atoms with Crippen molar-refractivity contribution >= 4 is 11.7 Å². The third-order valence-electron chi connectivity index (χ3n) is 4.82. The van der Waals surface area contributed by atoms with Crippen LogP contribution in [0.2, 0.25) is 0 Å². The van der Waals surface area contributed by atoms with Gasteiger partial charge in [0.2, 0.25) is 0 Å². The summed E-state index contributed by atoms with van der Waals surface area (Å²) in [5, 5.41) is 8.19. The quantitative estimate of drug-likeness (QED) is 0.514. The maximum atomic E-state index is 13.7. The molecule has 3 rings (SSSR count). The summed E-state index contributed by atoms with van der Waals surface area (Å²) in [7, 11) is 0. The van der Waals surface area contributed by atoms with Crippen LogP contribution in [0.15, 0.2) is 85.2 Å². The summed E-state index contributed by atoms with van der Waals surface area (Å²) in [5.41, 5.74) is 7.87. The van der Waals surface area contributed by atoms with Gasteiger partial charge in [0.15, 0.2) is 0 Å². The molecule has 3 aromatic rings. The summed E-state index contributed by atoms with van der Waals surface area (Å²) >= 11 is 0. The highest BCUT2D eigenvalue weighted by molar-refractivity contribution is 6.02. The first-order valence-corrected chi connectivity index (χ1v) is 9.19. The Hall–Kier alpha value is -3.31. The monoisotopic (exact) mass is 372 g/mol. The van der Waals surface area contributed by atoms with E-state index in [1.807, 2.05) is 72.8 Å². The molecule has 0 atom stereocenters. The molecule has 0 spiro atoms. The number of carbonyl (C=O) groups is 1. The van der Waals surface area contributed by atoms with Crippen LogP contribution in [0.3, 0.4) is 0 Å². The van der Waals surface area contributed by atoms with E-state index < -0.39 is 5.54 Å². The summed E-state index contributed by atoms with van der Waals surface area (Å²) in [4.78, 5) is 19.2. The zero-order valence-electron chi connectivity index (χ0n) is 15.9. The van der Waals surface area contributed by atoms with E-state index >= 15 is 0 Å². The molecule has 1 heterocycles. The molecule has 142 valence electrons. The molecular formula is C23H24N4O. The van der Waals surface area contributed by atoms with Gasteiger partial charge in [0, 0.05) is 18.9 Å². The van der Waals surface area contributed by atoms with Crippen LogP contribution in [0.25, 0.3) is 0 Å². The van der Waals surface area contributed by atoms with Crippen molar-refractivity contribution in [1.82, 2.24) is 9.88 Å². The highest BCUT2D eigenvalue weighted by atomic mass is 16.2. The lowest BCUT2D eigenvalue weighted by molar-refractivity contribution is -0.131. The maximum Gasteiger partial charge on any atom is 0.257 e. The number of nitrogens with two attached hydrogens (primary N) is 1. The van der Waals surface area contributed by atoms with E-state index in [4.69, 9.17) is 11.1 Å². The van der Waals surface area contributed by atoms with E-state index in [0.29, 0.717) is 24.1 Å². The molecule has 3 N–H and O–H groups in total. The standard InChI is InChI=1S/C23H24N4O/c1-18(24)27(17-14-19-12-15-26-16-13-19)22(28)23(25,20-8-4-2-5-9-20)21-10-6-3-7-11-21/h2-13,15-16,24H,14,17,25H2,1H3. The molecule has 0 radical (unpaired) electrons. The minimum Gasteiger partial charge on any atom is -0.310 e. The smallest absolute Gasteiger partial charge is 0.257 e. The van der Waals surface area contributed by atoms with Gasteiger partial charge in [-0.2, -0.15) is 0 Å². The van der Waals surface area contributed by atoms with Crippen LogP contribution in [0.5, 0.6) is 0 Å². The average molecular weight is 372 g/mol. The zero-order valence-corrected chi connectivity index (χ0v) is 15.9. The third kappa shape index (κ3) is 4.00. The number of nitrogens with one attached hydrogen (secondary N) is 1. The number of carbonyl (C=O) groups excluding carboxylic acids is 1. The van der Waals surface area contributed by atoms with Crippen LogP contribution in [-0.2, 0) is 16.8 Å². The van der Waals surface area contributed by atoms with Crippen molar-refractivity contribution in [2.75, 3.05) is 6.54 Å². The van der Waals surface area contributed by atoms with E-state index in [2.05, 4.69) is 4.98 Å². The van der Waals surface area contributed by atoms with Crippen molar-refractivity contribution < 1.29 is 4.79 Å². The molecule has 0 aliphatic carbocycles. The number of amides is 1. The van der Waals surface area contributed by atoms with Crippen molar-refractivity contribution in [3.05, 3.63) is 102 Å². The first-order valence-electron chi connectivity index (χ1n) is 9.19. The summed E-state index contributed by atoms with van der Waals surface area (Å²) in [6, 6.07) is 22.5. The molecule has 0 saturated heterocycles. The lowest BCUT2D eigenvalue weighted by Gasteiger charge is -2.35. The molecule has 5 heteroatoms.